The topological polar surface area (TPSA) is 104 Å². The predicted octanol–water partition coefficient (Wildman–Crippen LogP) is 3.95. The highest BCUT2D eigenvalue weighted by Crippen LogP contribution is 2.35. The van der Waals surface area contributed by atoms with Crippen LogP contribution in [0.3, 0.4) is 0 Å². The van der Waals surface area contributed by atoms with Gasteiger partial charge in [0.1, 0.15) is 16.9 Å². The average Bonchev–Trinajstić information content (AvgIpc) is 3.07. The monoisotopic (exact) mass is 433 g/mol. The molecule has 32 heavy (non-hydrogen) atoms. The van der Waals surface area contributed by atoms with Crippen molar-refractivity contribution in [2.24, 2.45) is 5.92 Å². The van der Waals surface area contributed by atoms with Crippen LogP contribution in [0, 0.1) is 5.92 Å². The van der Waals surface area contributed by atoms with Gasteiger partial charge in [-0.05, 0) is 36.6 Å². The number of nitrogens with two attached hydrogens (primary N) is 1. The first kappa shape index (κ1) is 21.4. The molecule has 2 heterocycles. The predicted molar refractivity (Wildman–Crippen MR) is 126 cm³/mol. The summed E-state index contributed by atoms with van der Waals surface area (Å²) in [5, 5.41) is 2.97. The maximum absolute atomic E-state index is 13.1. The largest absolute Gasteiger partial charge is 0.493 e. The lowest BCUT2D eigenvalue weighted by atomic mass is 10.1. The summed E-state index contributed by atoms with van der Waals surface area (Å²) < 4.78 is 12.5. The second-order valence-electron chi connectivity index (χ2n) is 7.96. The van der Waals surface area contributed by atoms with E-state index in [4.69, 9.17) is 25.2 Å². The Balaban J connectivity index is 1.93. The highest BCUT2D eigenvalue weighted by molar-refractivity contribution is 6.11. The molecule has 0 spiro atoms. The number of amides is 1. The molecular formula is C24H27N5O3. The highest BCUT2D eigenvalue weighted by atomic mass is 16.5. The third-order valence-electron chi connectivity index (χ3n) is 5.36. The Bertz CT molecular complexity index is 1300. The van der Waals surface area contributed by atoms with Gasteiger partial charge in [0, 0.05) is 12.6 Å². The molecule has 4 aromatic rings. The lowest BCUT2D eigenvalue weighted by Crippen LogP contribution is -2.26. The van der Waals surface area contributed by atoms with Gasteiger partial charge < -0.3 is 20.5 Å². The van der Waals surface area contributed by atoms with Crippen LogP contribution in [0.1, 0.15) is 30.6 Å². The number of hydrogen-bond acceptors (Lipinski definition) is 6. The Morgan fingerprint density at radius 3 is 2.41 bits per heavy atom. The number of para-hydroxylation sites is 2. The first-order valence-electron chi connectivity index (χ1n) is 10.5. The summed E-state index contributed by atoms with van der Waals surface area (Å²) in [6.07, 6.45) is 0.870. The molecule has 0 aliphatic carbocycles. The van der Waals surface area contributed by atoms with Crippen LogP contribution < -0.4 is 20.5 Å². The zero-order valence-corrected chi connectivity index (χ0v) is 18.7. The van der Waals surface area contributed by atoms with Gasteiger partial charge >= 0.3 is 0 Å². The zero-order valence-electron chi connectivity index (χ0n) is 18.7. The van der Waals surface area contributed by atoms with Gasteiger partial charge in [-0.25, -0.2) is 9.97 Å². The molecule has 4 rings (SSSR count). The van der Waals surface area contributed by atoms with Crippen LogP contribution in [0.15, 0.2) is 42.5 Å². The molecule has 2 aromatic carbocycles. The highest BCUT2D eigenvalue weighted by Gasteiger charge is 2.25. The fraction of sp³-hybridized carbons (Fsp3) is 0.292. The van der Waals surface area contributed by atoms with E-state index in [-0.39, 0.29) is 11.7 Å². The van der Waals surface area contributed by atoms with Crippen LogP contribution in [0.2, 0.25) is 0 Å². The van der Waals surface area contributed by atoms with Crippen LogP contribution in [-0.4, -0.2) is 41.2 Å². The van der Waals surface area contributed by atoms with Crippen molar-refractivity contribution in [1.29, 1.82) is 0 Å². The van der Waals surface area contributed by atoms with Crippen LogP contribution in [-0.2, 0) is 0 Å². The number of fused-ring (bicyclic) bond motifs is 2. The fourth-order valence-electron chi connectivity index (χ4n) is 3.67. The average molecular weight is 434 g/mol. The first-order valence-corrected chi connectivity index (χ1v) is 10.5. The number of ether oxygens (including phenoxy) is 2. The number of methoxy groups -OCH3 is 2. The molecule has 0 aliphatic rings. The Labute approximate surface area is 186 Å². The first-order chi connectivity index (χ1) is 15.4. The molecule has 0 bridgehead atoms. The van der Waals surface area contributed by atoms with Crippen molar-refractivity contribution in [3.05, 3.63) is 48.0 Å². The van der Waals surface area contributed by atoms with E-state index >= 15 is 0 Å². The lowest BCUT2D eigenvalue weighted by molar-refractivity contribution is 0.0954. The van der Waals surface area contributed by atoms with Gasteiger partial charge in [-0.2, -0.15) is 0 Å². The summed E-state index contributed by atoms with van der Waals surface area (Å²) in [6.45, 7) is 4.78. The Hall–Kier alpha value is -3.81. The van der Waals surface area contributed by atoms with Crippen molar-refractivity contribution >= 4 is 33.9 Å². The maximum atomic E-state index is 13.1. The molecule has 0 aliphatic heterocycles. The van der Waals surface area contributed by atoms with Crippen LogP contribution in [0.4, 0.5) is 5.82 Å². The summed E-state index contributed by atoms with van der Waals surface area (Å²) in [4.78, 5) is 22.7. The molecule has 166 valence electrons. The van der Waals surface area contributed by atoms with Crippen LogP contribution in [0.25, 0.3) is 27.9 Å². The van der Waals surface area contributed by atoms with E-state index < -0.39 is 0 Å². The normalized spacial score (nSPS) is 11.3. The number of anilines is 1. The number of carbonyl (C=O) groups excluding carboxylic acids is 1. The molecule has 0 atom stereocenters. The lowest BCUT2D eigenvalue weighted by Gasteiger charge is -2.12. The summed E-state index contributed by atoms with van der Waals surface area (Å²) in [7, 11) is 3.15. The molecule has 8 heteroatoms. The van der Waals surface area contributed by atoms with E-state index in [2.05, 4.69) is 19.2 Å². The van der Waals surface area contributed by atoms with Gasteiger partial charge in [0.05, 0.1) is 30.9 Å². The van der Waals surface area contributed by atoms with Gasteiger partial charge in [0.2, 0.25) is 0 Å². The van der Waals surface area contributed by atoms with Crippen molar-refractivity contribution < 1.29 is 14.3 Å². The van der Waals surface area contributed by atoms with Gasteiger partial charge in [-0.15, -0.1) is 0 Å². The number of benzene rings is 2. The molecule has 0 radical (unpaired) electrons. The minimum Gasteiger partial charge on any atom is -0.493 e. The van der Waals surface area contributed by atoms with E-state index in [0.717, 1.165) is 6.42 Å². The molecule has 8 nitrogen and oxygen atoms in total. The number of nitrogen functional groups attached to an aromatic ring is 1. The molecule has 0 fully saturated rings. The molecule has 0 saturated heterocycles. The number of nitrogens with one attached hydrogen (secondary N) is 1. The third kappa shape index (κ3) is 3.79. The SMILES string of the molecule is COc1ccc(-n2c(N)c(C(=O)NCCC(C)C)c3nc4ccccc4nc32)cc1OC. The van der Waals surface area contributed by atoms with Gasteiger partial charge in [0.15, 0.2) is 17.1 Å². The van der Waals surface area contributed by atoms with Crippen molar-refractivity contribution in [3.8, 4) is 17.2 Å². The summed E-state index contributed by atoms with van der Waals surface area (Å²) >= 11 is 0. The van der Waals surface area contributed by atoms with Crippen molar-refractivity contribution in [2.45, 2.75) is 20.3 Å². The molecule has 3 N–H and O–H groups in total. The van der Waals surface area contributed by atoms with Gasteiger partial charge in [0.25, 0.3) is 5.91 Å². The smallest absolute Gasteiger partial charge is 0.257 e. The second kappa shape index (κ2) is 8.74. The standard InChI is InChI=1S/C24H27N5O3/c1-14(2)11-12-26-24(30)20-21-23(28-17-8-6-5-7-16(17)27-21)29(22(20)25)15-9-10-18(31-3)19(13-15)32-4/h5-10,13-14H,11-12,25H2,1-4H3,(H,26,30). The Morgan fingerprint density at radius 2 is 1.75 bits per heavy atom. The van der Waals surface area contributed by atoms with E-state index in [9.17, 15) is 4.79 Å². The van der Waals surface area contributed by atoms with Crippen molar-refractivity contribution in [3.63, 3.8) is 0 Å². The van der Waals surface area contributed by atoms with Gasteiger partial charge in [-0.1, -0.05) is 26.0 Å². The third-order valence-corrected chi connectivity index (χ3v) is 5.36. The summed E-state index contributed by atoms with van der Waals surface area (Å²) in [5.74, 6) is 1.61. The minimum atomic E-state index is -0.267. The minimum absolute atomic E-state index is 0.267. The van der Waals surface area contributed by atoms with Crippen molar-refractivity contribution in [2.75, 3.05) is 26.5 Å². The van der Waals surface area contributed by atoms with E-state index in [1.165, 1.54) is 0 Å². The zero-order chi connectivity index (χ0) is 22.8. The number of aromatic nitrogens is 3. The van der Waals surface area contributed by atoms with Crippen LogP contribution in [0.5, 0.6) is 11.5 Å². The number of nitrogens with zero attached hydrogens (tertiary/aromatic N) is 3. The number of rotatable bonds is 7. The fourth-order valence-corrected chi connectivity index (χ4v) is 3.67. The maximum Gasteiger partial charge on any atom is 0.257 e. The molecular weight excluding hydrogens is 406 g/mol. The Kier molecular flexibility index (Phi) is 5.85. The van der Waals surface area contributed by atoms with E-state index in [1.54, 1.807) is 30.9 Å². The quantitative estimate of drug-likeness (QED) is 0.457. The molecule has 0 saturated carbocycles. The molecule has 0 unspecified atom stereocenters. The van der Waals surface area contributed by atoms with Gasteiger partial charge in [-0.3, -0.25) is 9.36 Å². The Morgan fingerprint density at radius 1 is 1.06 bits per heavy atom. The second-order valence-corrected chi connectivity index (χ2v) is 7.96. The summed E-state index contributed by atoms with van der Waals surface area (Å²) in [6, 6.07) is 13.0. The van der Waals surface area contributed by atoms with E-state index in [0.29, 0.717) is 57.4 Å². The van der Waals surface area contributed by atoms with E-state index in [1.807, 2.05) is 30.3 Å². The van der Waals surface area contributed by atoms with Crippen LogP contribution >= 0.6 is 0 Å². The number of hydrogen-bond donors (Lipinski definition) is 2. The van der Waals surface area contributed by atoms with Crippen molar-refractivity contribution in [1.82, 2.24) is 19.9 Å². The summed E-state index contributed by atoms with van der Waals surface area (Å²) in [5.41, 5.74) is 9.93. The molecule has 2 aromatic heterocycles. The number of carbonyl (C=O) groups is 1. The molecule has 1 amide bonds.